The summed E-state index contributed by atoms with van der Waals surface area (Å²) in [5, 5.41) is 9.28. The Morgan fingerprint density at radius 1 is 0.905 bits per heavy atom. The summed E-state index contributed by atoms with van der Waals surface area (Å²) in [6.07, 6.45) is 2.56. The highest BCUT2D eigenvalue weighted by atomic mass is 16.4. The van der Waals surface area contributed by atoms with Gasteiger partial charge in [0.1, 0.15) is 5.69 Å². The molecule has 104 valence electrons. The van der Waals surface area contributed by atoms with Crippen molar-refractivity contribution in [2.24, 2.45) is 0 Å². The number of benzene rings is 2. The van der Waals surface area contributed by atoms with Crippen LogP contribution >= 0.6 is 0 Å². The molecule has 0 aliphatic rings. The maximum Gasteiger partial charge on any atom is 0.352 e. The zero-order chi connectivity index (χ0) is 14.7. The van der Waals surface area contributed by atoms with Gasteiger partial charge in [0.25, 0.3) is 0 Å². The van der Waals surface area contributed by atoms with Gasteiger partial charge in [0.15, 0.2) is 0 Å². The number of aromatic carboxylic acids is 1. The third-order valence-corrected chi connectivity index (χ3v) is 3.46. The molecule has 0 saturated carbocycles. The number of para-hydroxylation sites is 1. The van der Waals surface area contributed by atoms with E-state index in [4.69, 9.17) is 0 Å². The lowest BCUT2D eigenvalue weighted by atomic mass is 10.0. The van der Waals surface area contributed by atoms with Crippen LogP contribution < -0.4 is 0 Å². The summed E-state index contributed by atoms with van der Waals surface area (Å²) in [6, 6.07) is 21.4. The zero-order valence-corrected chi connectivity index (χ0v) is 11.4. The molecule has 0 fully saturated rings. The molecule has 0 aliphatic carbocycles. The molecule has 21 heavy (non-hydrogen) atoms. The SMILES string of the molecule is O=C(O)c1cccn1-c1ccccc1Cc1ccccc1. The van der Waals surface area contributed by atoms with Gasteiger partial charge < -0.3 is 9.67 Å². The number of nitrogens with zero attached hydrogens (tertiary/aromatic N) is 1. The summed E-state index contributed by atoms with van der Waals surface area (Å²) in [6.45, 7) is 0. The summed E-state index contributed by atoms with van der Waals surface area (Å²) in [4.78, 5) is 11.3. The van der Waals surface area contributed by atoms with Crippen molar-refractivity contribution in [3.8, 4) is 5.69 Å². The van der Waals surface area contributed by atoms with Crippen LogP contribution in [-0.2, 0) is 6.42 Å². The molecule has 0 spiro atoms. The molecule has 2 aromatic carbocycles. The van der Waals surface area contributed by atoms with Gasteiger partial charge in [0, 0.05) is 11.9 Å². The van der Waals surface area contributed by atoms with Gasteiger partial charge in [-0.2, -0.15) is 0 Å². The van der Waals surface area contributed by atoms with Gasteiger partial charge in [-0.3, -0.25) is 0 Å². The standard InChI is InChI=1S/C18H15NO2/c20-18(21)17-11-6-12-19(17)16-10-5-4-9-15(16)13-14-7-2-1-3-8-14/h1-12H,13H2,(H,20,21). The number of rotatable bonds is 4. The van der Waals surface area contributed by atoms with Crippen LogP contribution in [0.4, 0.5) is 0 Å². The largest absolute Gasteiger partial charge is 0.477 e. The number of hydrogen-bond acceptors (Lipinski definition) is 1. The monoisotopic (exact) mass is 277 g/mol. The smallest absolute Gasteiger partial charge is 0.352 e. The van der Waals surface area contributed by atoms with Crippen LogP contribution in [0.15, 0.2) is 72.9 Å². The quantitative estimate of drug-likeness (QED) is 0.788. The van der Waals surface area contributed by atoms with Crippen molar-refractivity contribution in [2.75, 3.05) is 0 Å². The number of carboxylic acid groups (broad SMARTS) is 1. The molecule has 3 rings (SSSR count). The molecule has 0 amide bonds. The van der Waals surface area contributed by atoms with E-state index in [2.05, 4.69) is 12.1 Å². The lowest BCUT2D eigenvalue weighted by molar-refractivity contribution is 0.0688. The predicted octanol–water partition coefficient (Wildman–Crippen LogP) is 3.77. The Kier molecular flexibility index (Phi) is 3.56. The van der Waals surface area contributed by atoms with Crippen LogP contribution in [0.5, 0.6) is 0 Å². The maximum atomic E-state index is 11.3. The summed E-state index contributed by atoms with van der Waals surface area (Å²) in [7, 11) is 0. The summed E-state index contributed by atoms with van der Waals surface area (Å²) in [5.74, 6) is -0.922. The van der Waals surface area contributed by atoms with Crippen molar-refractivity contribution in [1.29, 1.82) is 0 Å². The Morgan fingerprint density at radius 3 is 2.38 bits per heavy atom. The van der Waals surface area contributed by atoms with Crippen LogP contribution in [0.25, 0.3) is 5.69 Å². The van der Waals surface area contributed by atoms with E-state index >= 15 is 0 Å². The third-order valence-electron chi connectivity index (χ3n) is 3.46. The number of aromatic nitrogens is 1. The minimum Gasteiger partial charge on any atom is -0.477 e. The zero-order valence-electron chi connectivity index (χ0n) is 11.4. The molecular weight excluding hydrogens is 262 g/mol. The van der Waals surface area contributed by atoms with Crippen LogP contribution in [0.2, 0.25) is 0 Å². The van der Waals surface area contributed by atoms with E-state index in [1.807, 2.05) is 42.5 Å². The van der Waals surface area contributed by atoms with Gasteiger partial charge in [0.05, 0.1) is 0 Å². The van der Waals surface area contributed by atoms with E-state index in [1.54, 1.807) is 22.9 Å². The molecule has 0 radical (unpaired) electrons. The van der Waals surface area contributed by atoms with E-state index < -0.39 is 5.97 Å². The molecule has 3 aromatic rings. The second-order valence-electron chi connectivity index (χ2n) is 4.86. The van der Waals surface area contributed by atoms with Crippen LogP contribution in [-0.4, -0.2) is 15.6 Å². The van der Waals surface area contributed by atoms with Gasteiger partial charge in [-0.05, 0) is 35.7 Å². The highest BCUT2D eigenvalue weighted by Crippen LogP contribution is 2.20. The van der Waals surface area contributed by atoms with Crippen molar-refractivity contribution < 1.29 is 9.90 Å². The van der Waals surface area contributed by atoms with Crippen molar-refractivity contribution in [3.05, 3.63) is 89.7 Å². The molecule has 0 bridgehead atoms. The summed E-state index contributed by atoms with van der Waals surface area (Å²) >= 11 is 0. The predicted molar refractivity (Wildman–Crippen MR) is 82.0 cm³/mol. The molecule has 3 heteroatoms. The van der Waals surface area contributed by atoms with Crippen molar-refractivity contribution in [2.45, 2.75) is 6.42 Å². The average molecular weight is 277 g/mol. The Balaban J connectivity index is 2.04. The molecule has 0 unspecified atom stereocenters. The Labute approximate surface area is 123 Å². The van der Waals surface area contributed by atoms with Gasteiger partial charge in [0.2, 0.25) is 0 Å². The first-order chi connectivity index (χ1) is 10.3. The molecule has 0 saturated heterocycles. The van der Waals surface area contributed by atoms with Gasteiger partial charge in [-0.15, -0.1) is 0 Å². The molecule has 1 aromatic heterocycles. The lowest BCUT2D eigenvalue weighted by Crippen LogP contribution is -2.08. The first-order valence-corrected chi connectivity index (χ1v) is 6.78. The lowest BCUT2D eigenvalue weighted by Gasteiger charge is -2.12. The van der Waals surface area contributed by atoms with Crippen LogP contribution in [0.1, 0.15) is 21.6 Å². The molecule has 3 nitrogen and oxygen atoms in total. The number of carbonyl (C=O) groups is 1. The van der Waals surface area contributed by atoms with E-state index in [0.29, 0.717) is 0 Å². The highest BCUT2D eigenvalue weighted by molar-refractivity contribution is 5.86. The summed E-state index contributed by atoms with van der Waals surface area (Å²) < 4.78 is 1.72. The van der Waals surface area contributed by atoms with Crippen molar-refractivity contribution >= 4 is 5.97 Å². The average Bonchev–Trinajstić information content (AvgIpc) is 2.98. The second kappa shape index (κ2) is 5.67. The first-order valence-electron chi connectivity index (χ1n) is 6.78. The number of carboxylic acids is 1. The van der Waals surface area contributed by atoms with E-state index in [-0.39, 0.29) is 5.69 Å². The number of hydrogen-bond donors (Lipinski definition) is 1. The highest BCUT2D eigenvalue weighted by Gasteiger charge is 2.12. The van der Waals surface area contributed by atoms with Crippen molar-refractivity contribution in [1.82, 2.24) is 4.57 Å². The van der Waals surface area contributed by atoms with E-state index in [0.717, 1.165) is 17.7 Å². The van der Waals surface area contributed by atoms with Crippen molar-refractivity contribution in [3.63, 3.8) is 0 Å². The Hall–Kier alpha value is -2.81. The molecule has 0 aliphatic heterocycles. The van der Waals surface area contributed by atoms with Gasteiger partial charge in [-0.25, -0.2) is 4.79 Å². The Morgan fingerprint density at radius 2 is 1.62 bits per heavy atom. The Bertz CT molecular complexity index is 760. The molecule has 0 atom stereocenters. The maximum absolute atomic E-state index is 11.3. The molecular formula is C18H15NO2. The normalized spacial score (nSPS) is 10.5. The second-order valence-corrected chi connectivity index (χ2v) is 4.86. The van der Waals surface area contributed by atoms with Crippen LogP contribution in [0, 0.1) is 0 Å². The van der Waals surface area contributed by atoms with Crippen LogP contribution in [0.3, 0.4) is 0 Å². The molecule has 1 N–H and O–H groups in total. The fourth-order valence-electron chi connectivity index (χ4n) is 2.48. The van der Waals surface area contributed by atoms with Gasteiger partial charge >= 0.3 is 5.97 Å². The first kappa shape index (κ1) is 13.2. The summed E-state index contributed by atoms with van der Waals surface area (Å²) in [5.41, 5.74) is 3.48. The topological polar surface area (TPSA) is 42.2 Å². The van der Waals surface area contributed by atoms with E-state index in [1.165, 1.54) is 5.56 Å². The van der Waals surface area contributed by atoms with Gasteiger partial charge in [-0.1, -0.05) is 48.5 Å². The molecule has 1 heterocycles. The van der Waals surface area contributed by atoms with E-state index in [9.17, 15) is 9.90 Å². The fraction of sp³-hybridized carbons (Fsp3) is 0.0556. The third kappa shape index (κ3) is 2.72. The minimum absolute atomic E-state index is 0.274. The minimum atomic E-state index is -0.922. The fourth-order valence-corrected chi connectivity index (χ4v) is 2.48.